The zero-order valence-electron chi connectivity index (χ0n) is 11.5. The average molecular weight is 284 g/mol. The van der Waals surface area contributed by atoms with Crippen molar-refractivity contribution < 1.29 is 4.92 Å². The third kappa shape index (κ3) is 3.02. The van der Waals surface area contributed by atoms with E-state index in [9.17, 15) is 10.1 Å². The number of hydrogen-bond donors (Lipinski definition) is 1. The Kier molecular flexibility index (Phi) is 4.34. The summed E-state index contributed by atoms with van der Waals surface area (Å²) in [6.07, 6.45) is 6.61. The lowest BCUT2D eigenvalue weighted by atomic mass is 9.95. The summed E-state index contributed by atoms with van der Waals surface area (Å²) in [6.45, 7) is 1.67. The predicted octanol–water partition coefficient (Wildman–Crippen LogP) is 2.72. The third-order valence-corrected chi connectivity index (χ3v) is 4.86. The van der Waals surface area contributed by atoms with E-state index in [1.54, 1.807) is 18.7 Å². The molecule has 1 aliphatic rings. The molecule has 0 bridgehead atoms. The van der Waals surface area contributed by atoms with E-state index < -0.39 is 0 Å². The lowest BCUT2D eigenvalue weighted by molar-refractivity contribution is -0.384. The summed E-state index contributed by atoms with van der Waals surface area (Å²) in [5.41, 5.74) is 0.572. The second-order valence-electron chi connectivity index (χ2n) is 5.02. The summed E-state index contributed by atoms with van der Waals surface area (Å²) in [5.74, 6) is 0.537. The Balaban J connectivity index is 2.09. The van der Waals surface area contributed by atoms with Crippen LogP contribution in [0.3, 0.4) is 0 Å². The molecule has 1 N–H and O–H groups in total. The monoisotopic (exact) mass is 284 g/mol. The maximum Gasteiger partial charge on any atom is 0.333 e. The largest absolute Gasteiger partial charge is 0.362 e. The third-order valence-electron chi connectivity index (χ3n) is 3.72. The number of anilines is 1. The minimum absolute atomic E-state index is 0.106. The maximum absolute atomic E-state index is 11.1. The second kappa shape index (κ2) is 5.81. The van der Waals surface area contributed by atoms with Crippen molar-refractivity contribution >= 4 is 23.3 Å². The number of aryl methyl sites for hydroxylation is 2. The van der Waals surface area contributed by atoms with Crippen LogP contribution in [0.2, 0.25) is 0 Å². The number of nitrogens with zero attached hydrogens (tertiary/aromatic N) is 3. The van der Waals surface area contributed by atoms with Crippen LogP contribution in [0.1, 0.15) is 31.4 Å². The molecule has 0 atom stereocenters. The summed E-state index contributed by atoms with van der Waals surface area (Å²) < 4.78 is 1.58. The van der Waals surface area contributed by atoms with Gasteiger partial charge in [0.1, 0.15) is 5.69 Å². The molecule has 1 aliphatic carbocycles. The molecule has 2 rings (SSSR count). The van der Waals surface area contributed by atoms with E-state index in [0.29, 0.717) is 17.6 Å². The van der Waals surface area contributed by atoms with Gasteiger partial charge in [0.25, 0.3) is 0 Å². The Labute approximate surface area is 117 Å². The van der Waals surface area contributed by atoms with Crippen LogP contribution >= 0.6 is 11.8 Å². The lowest BCUT2D eigenvalue weighted by Gasteiger charge is -2.28. The highest BCUT2D eigenvalue weighted by atomic mass is 32.2. The Morgan fingerprint density at radius 2 is 2.05 bits per heavy atom. The van der Waals surface area contributed by atoms with Crippen molar-refractivity contribution in [2.75, 3.05) is 11.6 Å². The molecule has 1 aromatic rings. The average Bonchev–Trinajstić information content (AvgIpc) is 2.65. The predicted molar refractivity (Wildman–Crippen MR) is 77.8 cm³/mol. The van der Waals surface area contributed by atoms with E-state index in [1.807, 2.05) is 11.8 Å². The van der Waals surface area contributed by atoms with E-state index in [-0.39, 0.29) is 10.6 Å². The Bertz CT molecular complexity index is 467. The number of thioether (sulfide) groups is 1. The van der Waals surface area contributed by atoms with Crippen LogP contribution in [-0.2, 0) is 7.05 Å². The van der Waals surface area contributed by atoms with Crippen molar-refractivity contribution in [3.8, 4) is 0 Å². The molecule has 1 fully saturated rings. The molecule has 0 amide bonds. The summed E-state index contributed by atoms with van der Waals surface area (Å²) in [4.78, 5) is 10.8. The van der Waals surface area contributed by atoms with Gasteiger partial charge in [-0.05, 0) is 38.9 Å². The van der Waals surface area contributed by atoms with Crippen LogP contribution in [0.5, 0.6) is 0 Å². The summed E-state index contributed by atoms with van der Waals surface area (Å²) >= 11 is 1.92. The number of aromatic nitrogens is 2. The molecule has 0 aromatic carbocycles. The standard InChI is InChI=1S/C12H20N4O2S/c1-8-11(16(17)18)12(15(2)14-8)13-9-4-6-10(19-3)7-5-9/h9-10,13H,4-7H2,1-3H3. The second-order valence-corrected chi connectivity index (χ2v) is 6.16. The van der Waals surface area contributed by atoms with Crippen LogP contribution in [0.4, 0.5) is 11.5 Å². The molecule has 19 heavy (non-hydrogen) atoms. The molecule has 7 heteroatoms. The molecule has 1 aromatic heterocycles. The van der Waals surface area contributed by atoms with Crippen molar-refractivity contribution in [1.82, 2.24) is 9.78 Å². The van der Waals surface area contributed by atoms with Crippen LogP contribution in [-0.4, -0.2) is 32.3 Å². The van der Waals surface area contributed by atoms with Crippen molar-refractivity contribution in [3.05, 3.63) is 15.8 Å². The fourth-order valence-corrected chi connectivity index (χ4v) is 3.41. The Morgan fingerprint density at radius 3 is 2.58 bits per heavy atom. The molecular formula is C12H20N4O2S. The van der Waals surface area contributed by atoms with Gasteiger partial charge in [-0.3, -0.25) is 10.1 Å². The smallest absolute Gasteiger partial charge is 0.333 e. The van der Waals surface area contributed by atoms with Gasteiger partial charge in [0, 0.05) is 18.3 Å². The van der Waals surface area contributed by atoms with Gasteiger partial charge < -0.3 is 5.32 Å². The van der Waals surface area contributed by atoms with Crippen molar-refractivity contribution in [3.63, 3.8) is 0 Å². The first-order chi connectivity index (χ1) is 9.02. The summed E-state index contributed by atoms with van der Waals surface area (Å²) in [5, 5.41) is 19.3. The first-order valence-electron chi connectivity index (χ1n) is 6.50. The fourth-order valence-electron chi connectivity index (χ4n) is 2.66. The van der Waals surface area contributed by atoms with Gasteiger partial charge in [-0.25, -0.2) is 4.68 Å². The van der Waals surface area contributed by atoms with Crippen LogP contribution in [0.15, 0.2) is 0 Å². The number of hydrogen-bond acceptors (Lipinski definition) is 5. The Morgan fingerprint density at radius 1 is 1.42 bits per heavy atom. The van der Waals surface area contributed by atoms with Gasteiger partial charge in [0.15, 0.2) is 0 Å². The first kappa shape index (κ1) is 14.2. The number of rotatable bonds is 4. The van der Waals surface area contributed by atoms with Crippen molar-refractivity contribution in [2.45, 2.75) is 43.9 Å². The van der Waals surface area contributed by atoms with Gasteiger partial charge in [-0.2, -0.15) is 16.9 Å². The Hall–Kier alpha value is -1.24. The highest BCUT2D eigenvalue weighted by molar-refractivity contribution is 7.99. The van der Waals surface area contributed by atoms with Gasteiger partial charge in [0.05, 0.1) is 4.92 Å². The summed E-state index contributed by atoms with van der Waals surface area (Å²) in [7, 11) is 1.75. The van der Waals surface area contributed by atoms with Crippen molar-refractivity contribution in [1.29, 1.82) is 0 Å². The molecule has 0 aliphatic heterocycles. The van der Waals surface area contributed by atoms with Crippen LogP contribution < -0.4 is 5.32 Å². The summed E-state index contributed by atoms with van der Waals surface area (Å²) in [6, 6.07) is 0.317. The van der Waals surface area contributed by atoms with Crippen molar-refractivity contribution in [2.24, 2.45) is 7.05 Å². The van der Waals surface area contributed by atoms with E-state index in [2.05, 4.69) is 16.7 Å². The molecule has 0 saturated heterocycles. The van der Waals surface area contributed by atoms with Gasteiger partial charge in [-0.15, -0.1) is 0 Å². The zero-order valence-corrected chi connectivity index (χ0v) is 12.4. The minimum Gasteiger partial charge on any atom is -0.362 e. The van der Waals surface area contributed by atoms with E-state index >= 15 is 0 Å². The van der Waals surface area contributed by atoms with Gasteiger partial charge in [-0.1, -0.05) is 0 Å². The van der Waals surface area contributed by atoms with Crippen LogP contribution in [0, 0.1) is 17.0 Å². The topological polar surface area (TPSA) is 73.0 Å². The van der Waals surface area contributed by atoms with E-state index in [0.717, 1.165) is 18.1 Å². The quantitative estimate of drug-likeness (QED) is 0.680. The lowest BCUT2D eigenvalue weighted by Crippen LogP contribution is -2.28. The fraction of sp³-hybridized carbons (Fsp3) is 0.750. The van der Waals surface area contributed by atoms with Crippen LogP contribution in [0.25, 0.3) is 0 Å². The van der Waals surface area contributed by atoms with Gasteiger partial charge >= 0.3 is 5.69 Å². The van der Waals surface area contributed by atoms with E-state index in [1.165, 1.54) is 12.8 Å². The normalized spacial score (nSPS) is 23.3. The molecule has 1 saturated carbocycles. The zero-order chi connectivity index (χ0) is 14.0. The molecule has 1 heterocycles. The minimum atomic E-state index is -0.349. The SMILES string of the molecule is CSC1CCC(Nc2c([N+](=O)[O-])c(C)nn2C)CC1. The number of nitrogens with one attached hydrogen (secondary N) is 1. The van der Waals surface area contributed by atoms with Gasteiger partial charge in [0.2, 0.25) is 5.82 Å². The first-order valence-corrected chi connectivity index (χ1v) is 7.79. The maximum atomic E-state index is 11.1. The molecule has 0 radical (unpaired) electrons. The molecule has 0 spiro atoms. The highest BCUT2D eigenvalue weighted by Crippen LogP contribution is 2.32. The molecule has 106 valence electrons. The number of nitro groups is 1. The highest BCUT2D eigenvalue weighted by Gasteiger charge is 2.27. The van der Waals surface area contributed by atoms with E-state index in [4.69, 9.17) is 0 Å². The molecule has 6 nitrogen and oxygen atoms in total. The molecule has 0 unspecified atom stereocenters. The molecular weight excluding hydrogens is 264 g/mol.